The van der Waals surface area contributed by atoms with Crippen LogP contribution in [0.15, 0.2) is 18.2 Å². The second kappa shape index (κ2) is 5.34. The number of anilines is 1. The Kier molecular flexibility index (Phi) is 3.80. The van der Waals surface area contributed by atoms with E-state index < -0.39 is 6.10 Å². The predicted molar refractivity (Wildman–Crippen MR) is 66.6 cm³/mol. The zero-order valence-corrected chi connectivity index (χ0v) is 10.3. The van der Waals surface area contributed by atoms with Crippen LogP contribution in [0.3, 0.4) is 0 Å². The van der Waals surface area contributed by atoms with Gasteiger partial charge in [0.25, 0.3) is 0 Å². The molecular formula is C13H16FN3O. The van der Waals surface area contributed by atoms with Gasteiger partial charge in [0.15, 0.2) is 6.10 Å². The molecule has 1 saturated heterocycles. The number of halogens is 1. The SMILES string of the molecule is C[C@H](N)c1c(F)cccc1N1CCOC(C#N)C1. The van der Waals surface area contributed by atoms with Crippen LogP contribution in [0.1, 0.15) is 18.5 Å². The molecule has 1 aromatic rings. The van der Waals surface area contributed by atoms with Crippen molar-refractivity contribution in [2.45, 2.75) is 19.1 Å². The molecule has 1 fully saturated rings. The van der Waals surface area contributed by atoms with E-state index in [9.17, 15) is 4.39 Å². The number of morpholine rings is 1. The molecule has 18 heavy (non-hydrogen) atoms. The predicted octanol–water partition coefficient (Wildman–Crippen LogP) is 1.57. The van der Waals surface area contributed by atoms with E-state index >= 15 is 0 Å². The van der Waals surface area contributed by atoms with Gasteiger partial charge in [-0.15, -0.1) is 0 Å². The molecule has 0 aliphatic carbocycles. The van der Waals surface area contributed by atoms with Crippen molar-refractivity contribution in [3.8, 4) is 6.07 Å². The highest BCUT2D eigenvalue weighted by Crippen LogP contribution is 2.29. The van der Waals surface area contributed by atoms with Crippen molar-refractivity contribution in [2.75, 3.05) is 24.6 Å². The molecule has 4 nitrogen and oxygen atoms in total. The summed E-state index contributed by atoms with van der Waals surface area (Å²) in [5, 5.41) is 8.89. The monoisotopic (exact) mass is 249 g/mol. The second-order valence-corrected chi connectivity index (χ2v) is 4.40. The maximum atomic E-state index is 13.8. The van der Waals surface area contributed by atoms with Crippen LogP contribution in [-0.2, 0) is 4.74 Å². The highest BCUT2D eigenvalue weighted by atomic mass is 19.1. The van der Waals surface area contributed by atoms with Crippen LogP contribution in [0.5, 0.6) is 0 Å². The van der Waals surface area contributed by atoms with Crippen LogP contribution in [0.4, 0.5) is 10.1 Å². The first kappa shape index (κ1) is 12.8. The number of nitriles is 1. The molecule has 0 bridgehead atoms. The molecule has 0 saturated carbocycles. The molecule has 1 heterocycles. The summed E-state index contributed by atoms with van der Waals surface area (Å²) >= 11 is 0. The average Bonchev–Trinajstić information content (AvgIpc) is 2.38. The third-order valence-corrected chi connectivity index (χ3v) is 3.04. The summed E-state index contributed by atoms with van der Waals surface area (Å²) in [5.41, 5.74) is 7.08. The van der Waals surface area contributed by atoms with Crippen LogP contribution < -0.4 is 10.6 Å². The standard InChI is InChI=1S/C13H16FN3O/c1-9(16)13-11(14)3-2-4-12(13)17-5-6-18-10(7-15)8-17/h2-4,9-10H,5-6,8,16H2,1H3/t9-,10?/m0/s1. The summed E-state index contributed by atoms with van der Waals surface area (Å²) in [6.45, 7) is 3.30. The fraction of sp³-hybridized carbons (Fsp3) is 0.462. The number of hydrogen-bond donors (Lipinski definition) is 1. The quantitative estimate of drug-likeness (QED) is 0.864. The van der Waals surface area contributed by atoms with Gasteiger partial charge >= 0.3 is 0 Å². The van der Waals surface area contributed by atoms with Gasteiger partial charge < -0.3 is 15.4 Å². The molecule has 2 N–H and O–H groups in total. The Hall–Kier alpha value is -1.64. The zero-order chi connectivity index (χ0) is 13.1. The van der Waals surface area contributed by atoms with E-state index in [1.54, 1.807) is 13.0 Å². The first-order chi connectivity index (χ1) is 8.63. The molecule has 2 rings (SSSR count). The number of nitrogens with zero attached hydrogens (tertiary/aromatic N) is 2. The number of hydrogen-bond acceptors (Lipinski definition) is 4. The van der Waals surface area contributed by atoms with Crippen molar-refractivity contribution in [1.29, 1.82) is 5.26 Å². The maximum absolute atomic E-state index is 13.8. The fourth-order valence-electron chi connectivity index (χ4n) is 2.20. The van der Waals surface area contributed by atoms with Crippen molar-refractivity contribution in [2.24, 2.45) is 5.73 Å². The minimum Gasteiger partial charge on any atom is -0.365 e. The molecule has 0 amide bonds. The van der Waals surface area contributed by atoms with Crippen LogP contribution in [0.25, 0.3) is 0 Å². The third kappa shape index (κ3) is 2.45. The highest BCUT2D eigenvalue weighted by Gasteiger charge is 2.24. The molecule has 1 aromatic carbocycles. The van der Waals surface area contributed by atoms with Gasteiger partial charge in [0.2, 0.25) is 0 Å². The minimum atomic E-state index is -0.469. The van der Waals surface area contributed by atoms with Gasteiger partial charge in [-0.05, 0) is 19.1 Å². The molecule has 1 unspecified atom stereocenters. The summed E-state index contributed by atoms with van der Waals surface area (Å²) < 4.78 is 19.1. The topological polar surface area (TPSA) is 62.3 Å². The lowest BCUT2D eigenvalue weighted by Crippen LogP contribution is -2.42. The molecular weight excluding hydrogens is 233 g/mol. The van der Waals surface area contributed by atoms with Gasteiger partial charge in [0.05, 0.1) is 19.2 Å². The summed E-state index contributed by atoms with van der Waals surface area (Å²) in [5.74, 6) is -0.303. The Morgan fingerprint density at radius 3 is 3.06 bits per heavy atom. The zero-order valence-electron chi connectivity index (χ0n) is 10.3. The highest BCUT2D eigenvalue weighted by molar-refractivity contribution is 5.56. The Morgan fingerprint density at radius 2 is 2.39 bits per heavy atom. The first-order valence-corrected chi connectivity index (χ1v) is 5.93. The average molecular weight is 249 g/mol. The van der Waals surface area contributed by atoms with E-state index in [1.807, 2.05) is 11.0 Å². The first-order valence-electron chi connectivity index (χ1n) is 5.93. The van der Waals surface area contributed by atoms with Crippen LogP contribution >= 0.6 is 0 Å². The van der Waals surface area contributed by atoms with E-state index in [0.29, 0.717) is 25.3 Å². The van der Waals surface area contributed by atoms with Crippen molar-refractivity contribution >= 4 is 5.69 Å². The molecule has 1 aliphatic rings. The van der Waals surface area contributed by atoms with E-state index in [0.717, 1.165) is 5.69 Å². The molecule has 0 aromatic heterocycles. The lowest BCUT2D eigenvalue weighted by Gasteiger charge is -2.33. The van der Waals surface area contributed by atoms with Gasteiger partial charge in [0.1, 0.15) is 5.82 Å². The van der Waals surface area contributed by atoms with Crippen LogP contribution in [-0.4, -0.2) is 25.8 Å². The minimum absolute atomic E-state index is 0.303. The Labute approximate surface area is 106 Å². The lowest BCUT2D eigenvalue weighted by molar-refractivity contribution is 0.0763. The lowest BCUT2D eigenvalue weighted by atomic mass is 10.0. The number of nitrogens with two attached hydrogens (primary N) is 1. The van der Waals surface area contributed by atoms with Crippen molar-refractivity contribution < 1.29 is 9.13 Å². The van der Waals surface area contributed by atoms with Crippen molar-refractivity contribution in [1.82, 2.24) is 0 Å². The molecule has 0 radical (unpaired) electrons. The summed E-state index contributed by atoms with van der Waals surface area (Å²) in [6, 6.07) is 6.60. The van der Waals surface area contributed by atoms with E-state index in [4.69, 9.17) is 15.7 Å². The molecule has 96 valence electrons. The van der Waals surface area contributed by atoms with E-state index in [2.05, 4.69) is 6.07 Å². The molecule has 0 spiro atoms. The van der Waals surface area contributed by atoms with Crippen molar-refractivity contribution in [3.05, 3.63) is 29.6 Å². The molecule has 1 aliphatic heterocycles. The van der Waals surface area contributed by atoms with Gasteiger partial charge in [-0.2, -0.15) is 5.26 Å². The fourth-order valence-corrected chi connectivity index (χ4v) is 2.20. The smallest absolute Gasteiger partial charge is 0.161 e. The summed E-state index contributed by atoms with van der Waals surface area (Å²) in [7, 11) is 0. The summed E-state index contributed by atoms with van der Waals surface area (Å²) in [4.78, 5) is 1.96. The van der Waals surface area contributed by atoms with Crippen LogP contribution in [0.2, 0.25) is 0 Å². The van der Waals surface area contributed by atoms with E-state index in [-0.39, 0.29) is 11.9 Å². The van der Waals surface area contributed by atoms with Gasteiger partial charge in [-0.25, -0.2) is 4.39 Å². The van der Waals surface area contributed by atoms with Gasteiger partial charge in [-0.1, -0.05) is 6.07 Å². The second-order valence-electron chi connectivity index (χ2n) is 4.40. The Morgan fingerprint density at radius 1 is 1.61 bits per heavy atom. The van der Waals surface area contributed by atoms with E-state index in [1.165, 1.54) is 6.07 Å². The number of ether oxygens (including phenoxy) is 1. The van der Waals surface area contributed by atoms with Crippen molar-refractivity contribution in [3.63, 3.8) is 0 Å². The Bertz CT molecular complexity index is 470. The Balaban J connectivity index is 2.33. The maximum Gasteiger partial charge on any atom is 0.161 e. The van der Waals surface area contributed by atoms with Gasteiger partial charge in [-0.3, -0.25) is 0 Å². The van der Waals surface area contributed by atoms with Crippen LogP contribution in [0, 0.1) is 17.1 Å². The third-order valence-electron chi connectivity index (χ3n) is 3.04. The number of rotatable bonds is 2. The normalized spacial score (nSPS) is 21.4. The van der Waals surface area contributed by atoms with Gasteiger partial charge in [0, 0.05) is 23.8 Å². The summed E-state index contributed by atoms with van der Waals surface area (Å²) in [6.07, 6.45) is -0.469. The number of benzene rings is 1. The molecule has 5 heteroatoms. The molecule has 2 atom stereocenters. The largest absolute Gasteiger partial charge is 0.365 e.